The molecule has 0 unspecified atom stereocenters. The van der Waals surface area contributed by atoms with Crippen molar-refractivity contribution >= 4 is 5.97 Å². The van der Waals surface area contributed by atoms with Crippen molar-refractivity contribution in [2.24, 2.45) is 0 Å². The second kappa shape index (κ2) is 7.25. The molecule has 0 saturated carbocycles. The molecule has 108 valence electrons. The maximum atomic E-state index is 11.5. The third kappa shape index (κ3) is 3.70. The van der Waals surface area contributed by atoms with E-state index in [9.17, 15) is 9.90 Å². The topological polar surface area (TPSA) is 40.5 Å². The van der Waals surface area contributed by atoms with Gasteiger partial charge < -0.3 is 5.11 Å². The van der Waals surface area contributed by atoms with Gasteiger partial charge in [-0.3, -0.25) is 9.69 Å². The van der Waals surface area contributed by atoms with Gasteiger partial charge in [0, 0.05) is 6.54 Å². The Morgan fingerprint density at radius 3 is 2.75 bits per heavy atom. The SMILES string of the molecule is C=CCCCCCN1Cc2ccccc2C[C@H]1C(=O)O. The van der Waals surface area contributed by atoms with Crippen LogP contribution in [0.15, 0.2) is 36.9 Å². The quantitative estimate of drug-likeness (QED) is 0.612. The lowest BCUT2D eigenvalue weighted by molar-refractivity contribution is -0.144. The van der Waals surface area contributed by atoms with Crippen LogP contribution in [0.4, 0.5) is 0 Å². The Balaban J connectivity index is 1.96. The van der Waals surface area contributed by atoms with E-state index in [0.717, 1.165) is 38.8 Å². The van der Waals surface area contributed by atoms with Crippen molar-refractivity contribution in [1.82, 2.24) is 4.90 Å². The molecule has 1 heterocycles. The molecule has 1 aliphatic rings. The van der Waals surface area contributed by atoms with E-state index in [0.29, 0.717) is 6.42 Å². The van der Waals surface area contributed by atoms with Crippen LogP contribution in [0.2, 0.25) is 0 Å². The van der Waals surface area contributed by atoms with Crippen LogP contribution in [0.25, 0.3) is 0 Å². The number of rotatable bonds is 7. The molecule has 0 aliphatic carbocycles. The number of unbranched alkanes of at least 4 members (excludes halogenated alkanes) is 3. The van der Waals surface area contributed by atoms with Crippen LogP contribution < -0.4 is 0 Å². The highest BCUT2D eigenvalue weighted by molar-refractivity contribution is 5.74. The summed E-state index contributed by atoms with van der Waals surface area (Å²) in [5, 5.41) is 9.42. The molecule has 3 nitrogen and oxygen atoms in total. The summed E-state index contributed by atoms with van der Waals surface area (Å²) in [4.78, 5) is 13.6. The lowest BCUT2D eigenvalue weighted by atomic mass is 9.93. The first-order chi connectivity index (χ1) is 9.72. The van der Waals surface area contributed by atoms with Gasteiger partial charge in [0.05, 0.1) is 0 Å². The Bertz CT molecular complexity index is 470. The monoisotopic (exact) mass is 273 g/mol. The Morgan fingerprint density at radius 1 is 1.30 bits per heavy atom. The molecule has 0 bridgehead atoms. The predicted molar refractivity (Wildman–Crippen MR) is 80.6 cm³/mol. The lowest BCUT2D eigenvalue weighted by Crippen LogP contribution is -2.45. The smallest absolute Gasteiger partial charge is 0.321 e. The number of carboxylic acid groups (broad SMARTS) is 1. The summed E-state index contributed by atoms with van der Waals surface area (Å²) in [5.41, 5.74) is 2.46. The maximum Gasteiger partial charge on any atom is 0.321 e. The molecule has 1 aromatic rings. The number of aliphatic carboxylic acids is 1. The van der Waals surface area contributed by atoms with Crippen molar-refractivity contribution in [3.8, 4) is 0 Å². The van der Waals surface area contributed by atoms with Crippen molar-refractivity contribution in [1.29, 1.82) is 0 Å². The zero-order valence-corrected chi connectivity index (χ0v) is 11.9. The molecule has 1 atom stereocenters. The minimum atomic E-state index is -0.703. The molecule has 0 aromatic heterocycles. The highest BCUT2D eigenvalue weighted by Gasteiger charge is 2.30. The van der Waals surface area contributed by atoms with E-state index in [-0.39, 0.29) is 6.04 Å². The average Bonchev–Trinajstić information content (AvgIpc) is 2.46. The molecular weight excluding hydrogens is 250 g/mol. The Morgan fingerprint density at radius 2 is 2.05 bits per heavy atom. The minimum absolute atomic E-state index is 0.371. The molecule has 3 heteroatoms. The molecule has 0 spiro atoms. The second-order valence-corrected chi connectivity index (χ2v) is 5.44. The van der Waals surface area contributed by atoms with Gasteiger partial charge in [-0.15, -0.1) is 6.58 Å². The third-order valence-corrected chi connectivity index (χ3v) is 3.98. The van der Waals surface area contributed by atoms with Crippen LogP contribution >= 0.6 is 0 Å². The largest absolute Gasteiger partial charge is 0.480 e. The third-order valence-electron chi connectivity index (χ3n) is 3.98. The number of carboxylic acids is 1. The highest BCUT2D eigenvalue weighted by atomic mass is 16.4. The molecule has 0 fully saturated rings. The summed E-state index contributed by atoms with van der Waals surface area (Å²) in [6, 6.07) is 7.81. The van der Waals surface area contributed by atoms with Crippen molar-refractivity contribution in [3.63, 3.8) is 0 Å². The summed E-state index contributed by atoms with van der Waals surface area (Å²) < 4.78 is 0. The number of nitrogens with zero attached hydrogens (tertiary/aromatic N) is 1. The van der Waals surface area contributed by atoms with Crippen molar-refractivity contribution in [2.75, 3.05) is 6.54 Å². The van der Waals surface area contributed by atoms with Crippen molar-refractivity contribution in [3.05, 3.63) is 48.0 Å². The van der Waals surface area contributed by atoms with Crippen LogP contribution in [-0.2, 0) is 17.8 Å². The number of hydrogen-bond donors (Lipinski definition) is 1. The number of benzene rings is 1. The van der Waals surface area contributed by atoms with Crippen LogP contribution in [0.5, 0.6) is 0 Å². The van der Waals surface area contributed by atoms with Gasteiger partial charge in [-0.25, -0.2) is 0 Å². The molecule has 0 amide bonds. The van der Waals surface area contributed by atoms with Crippen LogP contribution in [0.1, 0.15) is 36.8 Å². The predicted octanol–water partition coefficient (Wildman–Crippen LogP) is 3.24. The zero-order chi connectivity index (χ0) is 14.4. The summed E-state index contributed by atoms with van der Waals surface area (Å²) in [5.74, 6) is -0.703. The molecule has 0 saturated heterocycles. The van der Waals surface area contributed by atoms with Crippen LogP contribution in [0.3, 0.4) is 0 Å². The normalized spacial score (nSPS) is 18.5. The van der Waals surface area contributed by atoms with Gasteiger partial charge in [-0.1, -0.05) is 36.8 Å². The molecule has 1 N–H and O–H groups in total. The zero-order valence-electron chi connectivity index (χ0n) is 11.9. The van der Waals surface area contributed by atoms with Gasteiger partial charge in [0.1, 0.15) is 6.04 Å². The fourth-order valence-electron chi connectivity index (χ4n) is 2.84. The van der Waals surface area contributed by atoms with E-state index >= 15 is 0 Å². The first-order valence-electron chi connectivity index (χ1n) is 7.37. The van der Waals surface area contributed by atoms with E-state index < -0.39 is 5.97 Å². The second-order valence-electron chi connectivity index (χ2n) is 5.44. The number of hydrogen-bond acceptors (Lipinski definition) is 2. The first kappa shape index (κ1) is 14.8. The summed E-state index contributed by atoms with van der Waals surface area (Å²) in [7, 11) is 0. The molecule has 1 aliphatic heterocycles. The van der Waals surface area contributed by atoms with Gasteiger partial charge in [0.25, 0.3) is 0 Å². The van der Waals surface area contributed by atoms with E-state index in [2.05, 4.69) is 17.5 Å². The standard InChI is InChI=1S/C17H23NO2/c1-2-3-4-5-8-11-18-13-15-10-7-6-9-14(15)12-16(18)17(19)20/h2,6-7,9-10,16H,1,3-5,8,11-13H2,(H,19,20)/t16-/m0/s1. The van der Waals surface area contributed by atoms with Gasteiger partial charge in [-0.2, -0.15) is 0 Å². The Hall–Kier alpha value is -1.61. The summed E-state index contributed by atoms with van der Waals surface area (Å²) >= 11 is 0. The van der Waals surface area contributed by atoms with Crippen LogP contribution in [-0.4, -0.2) is 28.6 Å². The molecular formula is C17H23NO2. The number of allylic oxidation sites excluding steroid dienone is 1. The van der Waals surface area contributed by atoms with Gasteiger partial charge in [0.2, 0.25) is 0 Å². The fraction of sp³-hybridized carbons (Fsp3) is 0.471. The van der Waals surface area contributed by atoms with E-state index in [1.54, 1.807) is 0 Å². The fourth-order valence-corrected chi connectivity index (χ4v) is 2.84. The molecule has 0 radical (unpaired) electrons. The van der Waals surface area contributed by atoms with Crippen molar-refractivity contribution in [2.45, 2.75) is 44.7 Å². The number of carbonyl (C=O) groups is 1. The first-order valence-corrected chi connectivity index (χ1v) is 7.37. The Labute approximate surface area is 120 Å². The van der Waals surface area contributed by atoms with E-state index in [1.807, 2.05) is 24.3 Å². The van der Waals surface area contributed by atoms with Crippen LogP contribution in [0, 0.1) is 0 Å². The van der Waals surface area contributed by atoms with E-state index in [4.69, 9.17) is 0 Å². The average molecular weight is 273 g/mol. The lowest BCUT2D eigenvalue weighted by Gasteiger charge is -2.34. The minimum Gasteiger partial charge on any atom is -0.480 e. The molecule has 2 rings (SSSR count). The maximum absolute atomic E-state index is 11.5. The highest BCUT2D eigenvalue weighted by Crippen LogP contribution is 2.23. The summed E-state index contributed by atoms with van der Waals surface area (Å²) in [6.07, 6.45) is 6.95. The number of fused-ring (bicyclic) bond motifs is 1. The van der Waals surface area contributed by atoms with E-state index in [1.165, 1.54) is 11.1 Å². The Kier molecular flexibility index (Phi) is 5.36. The molecule has 1 aromatic carbocycles. The van der Waals surface area contributed by atoms with Gasteiger partial charge in [-0.05, 0) is 43.4 Å². The molecule has 20 heavy (non-hydrogen) atoms. The summed E-state index contributed by atoms with van der Waals surface area (Å²) in [6.45, 7) is 5.34. The van der Waals surface area contributed by atoms with Crippen molar-refractivity contribution < 1.29 is 9.90 Å². The van der Waals surface area contributed by atoms with Gasteiger partial charge in [0.15, 0.2) is 0 Å². The van der Waals surface area contributed by atoms with Gasteiger partial charge >= 0.3 is 5.97 Å².